The summed E-state index contributed by atoms with van der Waals surface area (Å²) in [5.41, 5.74) is 2.96. The SMILES string of the molecule is CCCCCCC(OCC)c1cc2c(n1S(=O)(=O)c1ccccc1)CCCC2. The van der Waals surface area contributed by atoms with Crippen LogP contribution in [0.2, 0.25) is 0 Å². The number of ether oxygens (including phenoxy) is 1. The van der Waals surface area contributed by atoms with Crippen LogP contribution in [0.5, 0.6) is 0 Å². The van der Waals surface area contributed by atoms with E-state index in [0.29, 0.717) is 11.5 Å². The zero-order chi connectivity index (χ0) is 20.0. The summed E-state index contributed by atoms with van der Waals surface area (Å²) in [6.45, 7) is 4.77. The average molecular weight is 404 g/mol. The van der Waals surface area contributed by atoms with Gasteiger partial charge in [-0.1, -0.05) is 50.8 Å². The van der Waals surface area contributed by atoms with E-state index in [1.165, 1.54) is 18.4 Å². The van der Waals surface area contributed by atoms with Gasteiger partial charge in [0.25, 0.3) is 10.0 Å². The largest absolute Gasteiger partial charge is 0.372 e. The highest BCUT2D eigenvalue weighted by Gasteiger charge is 2.30. The van der Waals surface area contributed by atoms with E-state index in [9.17, 15) is 8.42 Å². The summed E-state index contributed by atoms with van der Waals surface area (Å²) in [6.07, 6.45) is 9.22. The fourth-order valence-corrected chi connectivity index (χ4v) is 5.83. The molecule has 1 aromatic heterocycles. The first-order valence-corrected chi connectivity index (χ1v) is 12.2. The van der Waals surface area contributed by atoms with Crippen molar-refractivity contribution < 1.29 is 13.2 Å². The molecule has 1 atom stereocenters. The van der Waals surface area contributed by atoms with E-state index in [0.717, 1.165) is 56.3 Å². The number of benzene rings is 1. The summed E-state index contributed by atoms with van der Waals surface area (Å²) in [4.78, 5) is 0.349. The normalized spacial score (nSPS) is 15.4. The molecule has 1 heterocycles. The molecule has 0 fully saturated rings. The highest BCUT2D eigenvalue weighted by molar-refractivity contribution is 7.90. The van der Waals surface area contributed by atoms with Crippen molar-refractivity contribution in [2.24, 2.45) is 0 Å². The van der Waals surface area contributed by atoms with Crippen molar-refractivity contribution in [1.82, 2.24) is 3.97 Å². The molecule has 3 rings (SSSR count). The van der Waals surface area contributed by atoms with E-state index in [-0.39, 0.29) is 6.10 Å². The van der Waals surface area contributed by atoms with Crippen molar-refractivity contribution in [3.8, 4) is 0 Å². The number of aromatic nitrogens is 1. The molecule has 0 aliphatic heterocycles. The summed E-state index contributed by atoms with van der Waals surface area (Å²) in [5, 5.41) is 0. The fourth-order valence-electron chi connectivity index (χ4n) is 4.17. The van der Waals surface area contributed by atoms with Crippen LogP contribution in [0.4, 0.5) is 0 Å². The van der Waals surface area contributed by atoms with E-state index in [2.05, 4.69) is 13.0 Å². The van der Waals surface area contributed by atoms with Crippen LogP contribution in [0.1, 0.15) is 81.8 Å². The molecule has 1 aromatic carbocycles. The number of unbranched alkanes of at least 4 members (excludes halogenated alkanes) is 3. The van der Waals surface area contributed by atoms with Gasteiger partial charge in [0, 0.05) is 12.3 Å². The molecule has 154 valence electrons. The molecule has 0 N–H and O–H groups in total. The predicted octanol–water partition coefficient (Wildman–Crippen LogP) is 5.65. The van der Waals surface area contributed by atoms with Gasteiger partial charge in [-0.3, -0.25) is 0 Å². The Hall–Kier alpha value is -1.59. The lowest BCUT2D eigenvalue weighted by atomic mass is 9.98. The minimum Gasteiger partial charge on any atom is -0.372 e. The second-order valence-corrected chi connectivity index (χ2v) is 9.41. The summed E-state index contributed by atoms with van der Waals surface area (Å²) >= 11 is 0. The molecule has 1 unspecified atom stereocenters. The first-order chi connectivity index (χ1) is 13.6. The Morgan fingerprint density at radius 1 is 1.04 bits per heavy atom. The number of fused-ring (bicyclic) bond motifs is 1. The van der Waals surface area contributed by atoms with Gasteiger partial charge in [-0.15, -0.1) is 0 Å². The van der Waals surface area contributed by atoms with Crippen LogP contribution in [-0.4, -0.2) is 19.0 Å². The number of hydrogen-bond acceptors (Lipinski definition) is 3. The molecule has 5 heteroatoms. The van der Waals surface area contributed by atoms with E-state index in [1.54, 1.807) is 28.2 Å². The quantitative estimate of drug-likeness (QED) is 0.482. The van der Waals surface area contributed by atoms with Gasteiger partial charge in [0.15, 0.2) is 0 Å². The third-order valence-electron chi connectivity index (χ3n) is 5.58. The maximum atomic E-state index is 13.6. The minimum atomic E-state index is -3.63. The molecule has 0 saturated heterocycles. The average Bonchev–Trinajstić information content (AvgIpc) is 3.11. The Morgan fingerprint density at radius 3 is 2.50 bits per heavy atom. The molecule has 0 saturated carbocycles. The van der Waals surface area contributed by atoms with Gasteiger partial charge in [-0.05, 0) is 62.8 Å². The monoisotopic (exact) mass is 403 g/mol. The molecule has 2 aromatic rings. The third-order valence-corrected chi connectivity index (χ3v) is 7.36. The fraction of sp³-hybridized carbons (Fsp3) is 0.565. The Bertz CT molecular complexity index is 855. The van der Waals surface area contributed by atoms with E-state index < -0.39 is 10.0 Å². The number of aryl methyl sites for hydroxylation is 1. The summed E-state index contributed by atoms with van der Waals surface area (Å²) < 4.78 is 34.9. The van der Waals surface area contributed by atoms with Gasteiger partial charge in [0.1, 0.15) is 0 Å². The van der Waals surface area contributed by atoms with Crippen LogP contribution in [0, 0.1) is 0 Å². The van der Waals surface area contributed by atoms with Gasteiger partial charge in [-0.25, -0.2) is 12.4 Å². The minimum absolute atomic E-state index is 0.175. The second-order valence-electron chi connectivity index (χ2n) is 7.62. The van der Waals surface area contributed by atoms with Crippen LogP contribution < -0.4 is 0 Å². The summed E-state index contributed by atoms with van der Waals surface area (Å²) in [5.74, 6) is 0. The lowest BCUT2D eigenvalue weighted by Crippen LogP contribution is -2.22. The number of rotatable bonds is 10. The molecule has 1 aliphatic rings. The third kappa shape index (κ3) is 4.52. The summed E-state index contributed by atoms with van der Waals surface area (Å²) in [7, 11) is -3.63. The predicted molar refractivity (Wildman–Crippen MR) is 113 cm³/mol. The molecule has 28 heavy (non-hydrogen) atoms. The van der Waals surface area contributed by atoms with Crippen molar-refractivity contribution in [3.63, 3.8) is 0 Å². The van der Waals surface area contributed by atoms with Gasteiger partial charge in [0.2, 0.25) is 0 Å². The Morgan fingerprint density at radius 2 is 1.79 bits per heavy atom. The van der Waals surface area contributed by atoms with Crippen LogP contribution >= 0.6 is 0 Å². The first-order valence-electron chi connectivity index (χ1n) is 10.7. The lowest BCUT2D eigenvalue weighted by Gasteiger charge is -2.22. The Labute approximate surface area is 170 Å². The standard InChI is InChI=1S/C23H33NO3S/c1-3-5-6-10-17-23(27-4-2)22-18-19-13-11-12-16-21(19)24(22)28(25,26)20-14-8-7-9-15-20/h7-9,14-15,18,23H,3-6,10-13,16-17H2,1-2H3. The molecular formula is C23H33NO3S. The van der Waals surface area contributed by atoms with Crippen molar-refractivity contribution >= 4 is 10.0 Å². The Kier molecular flexibility index (Phi) is 7.36. The lowest BCUT2D eigenvalue weighted by molar-refractivity contribution is 0.0506. The van der Waals surface area contributed by atoms with Crippen LogP contribution in [0.3, 0.4) is 0 Å². The molecule has 0 amide bonds. The second kappa shape index (κ2) is 9.75. The van der Waals surface area contributed by atoms with E-state index in [4.69, 9.17) is 4.74 Å². The van der Waals surface area contributed by atoms with Gasteiger partial charge in [-0.2, -0.15) is 0 Å². The maximum absolute atomic E-state index is 13.6. The molecule has 0 radical (unpaired) electrons. The van der Waals surface area contributed by atoms with Crippen LogP contribution in [0.25, 0.3) is 0 Å². The molecule has 4 nitrogen and oxygen atoms in total. The molecule has 0 spiro atoms. The number of hydrogen-bond donors (Lipinski definition) is 0. The van der Waals surface area contributed by atoms with Crippen molar-refractivity contribution in [3.05, 3.63) is 53.3 Å². The maximum Gasteiger partial charge on any atom is 0.268 e. The molecule has 0 bridgehead atoms. The van der Waals surface area contributed by atoms with Crippen LogP contribution in [0.15, 0.2) is 41.3 Å². The first kappa shape index (κ1) is 21.1. The topological polar surface area (TPSA) is 48.3 Å². The number of nitrogens with zero attached hydrogens (tertiary/aromatic N) is 1. The van der Waals surface area contributed by atoms with Gasteiger partial charge < -0.3 is 4.74 Å². The van der Waals surface area contributed by atoms with E-state index in [1.807, 2.05) is 13.0 Å². The van der Waals surface area contributed by atoms with Gasteiger partial charge in [0.05, 0.1) is 16.7 Å². The summed E-state index contributed by atoms with van der Waals surface area (Å²) in [6, 6.07) is 10.9. The smallest absolute Gasteiger partial charge is 0.268 e. The Balaban J connectivity index is 2.04. The highest BCUT2D eigenvalue weighted by Crippen LogP contribution is 2.35. The van der Waals surface area contributed by atoms with Crippen molar-refractivity contribution in [2.45, 2.75) is 82.6 Å². The van der Waals surface area contributed by atoms with Gasteiger partial charge >= 0.3 is 0 Å². The zero-order valence-electron chi connectivity index (χ0n) is 17.2. The van der Waals surface area contributed by atoms with Crippen molar-refractivity contribution in [2.75, 3.05) is 6.61 Å². The van der Waals surface area contributed by atoms with Crippen LogP contribution in [-0.2, 0) is 27.6 Å². The molecular weight excluding hydrogens is 370 g/mol. The van der Waals surface area contributed by atoms with E-state index >= 15 is 0 Å². The highest BCUT2D eigenvalue weighted by atomic mass is 32.2. The zero-order valence-corrected chi connectivity index (χ0v) is 18.0. The molecule has 1 aliphatic carbocycles. The van der Waals surface area contributed by atoms with Crippen molar-refractivity contribution in [1.29, 1.82) is 0 Å².